The first kappa shape index (κ1) is 13.5. The van der Waals surface area contributed by atoms with Gasteiger partial charge in [0.15, 0.2) is 0 Å². The monoisotopic (exact) mass is 280 g/mol. The number of thiazole rings is 1. The van der Waals surface area contributed by atoms with Crippen molar-refractivity contribution in [3.05, 3.63) is 16.1 Å². The fourth-order valence-corrected chi connectivity index (χ4v) is 3.88. The quantitative estimate of drug-likeness (QED) is 0.846. The third-order valence-corrected chi connectivity index (χ3v) is 5.20. The number of aromatic nitrogens is 1. The molecule has 3 heterocycles. The summed E-state index contributed by atoms with van der Waals surface area (Å²) in [7, 11) is 0. The van der Waals surface area contributed by atoms with Crippen LogP contribution in [0.5, 0.6) is 0 Å². The van der Waals surface area contributed by atoms with Crippen molar-refractivity contribution in [3.63, 3.8) is 0 Å². The van der Waals surface area contributed by atoms with E-state index < -0.39 is 0 Å². The molecule has 0 saturated carbocycles. The molecule has 2 atom stereocenters. The van der Waals surface area contributed by atoms with Crippen molar-refractivity contribution >= 4 is 11.3 Å². The van der Waals surface area contributed by atoms with Gasteiger partial charge < -0.3 is 4.74 Å². The SMILES string of the molecule is CC(C)CCc1csc([C@@H]2CN3CCC[C@@H]3CO2)n1. The maximum atomic E-state index is 6.02. The Morgan fingerprint density at radius 1 is 1.53 bits per heavy atom. The summed E-state index contributed by atoms with van der Waals surface area (Å²) in [6.07, 6.45) is 5.19. The number of hydrogen-bond donors (Lipinski definition) is 0. The smallest absolute Gasteiger partial charge is 0.123 e. The molecule has 2 aliphatic rings. The van der Waals surface area contributed by atoms with Gasteiger partial charge in [-0.1, -0.05) is 13.8 Å². The predicted octanol–water partition coefficient (Wildman–Crippen LogP) is 3.27. The lowest BCUT2D eigenvalue weighted by Gasteiger charge is -2.34. The summed E-state index contributed by atoms with van der Waals surface area (Å²) < 4.78 is 6.02. The fraction of sp³-hybridized carbons (Fsp3) is 0.800. The molecule has 0 unspecified atom stereocenters. The molecule has 0 N–H and O–H groups in total. The van der Waals surface area contributed by atoms with E-state index in [-0.39, 0.29) is 6.10 Å². The number of fused-ring (bicyclic) bond motifs is 1. The Hall–Kier alpha value is -0.450. The highest BCUT2D eigenvalue weighted by atomic mass is 32.1. The van der Waals surface area contributed by atoms with E-state index in [0.717, 1.165) is 25.5 Å². The van der Waals surface area contributed by atoms with E-state index in [9.17, 15) is 0 Å². The van der Waals surface area contributed by atoms with Crippen molar-refractivity contribution in [2.45, 2.75) is 51.7 Å². The van der Waals surface area contributed by atoms with Crippen LogP contribution in [0, 0.1) is 5.92 Å². The Morgan fingerprint density at radius 3 is 3.26 bits per heavy atom. The molecule has 106 valence electrons. The highest BCUT2D eigenvalue weighted by Gasteiger charge is 2.33. The zero-order valence-electron chi connectivity index (χ0n) is 12.0. The molecule has 0 radical (unpaired) electrons. The first-order chi connectivity index (χ1) is 9.22. The van der Waals surface area contributed by atoms with Crippen LogP contribution in [0.15, 0.2) is 5.38 Å². The second-order valence-corrected chi connectivity index (χ2v) is 7.11. The highest BCUT2D eigenvalue weighted by Crippen LogP contribution is 2.31. The minimum atomic E-state index is 0.215. The summed E-state index contributed by atoms with van der Waals surface area (Å²) in [6.45, 7) is 7.72. The molecule has 0 aliphatic carbocycles. The van der Waals surface area contributed by atoms with Crippen LogP contribution in [0.1, 0.15) is 49.9 Å². The third-order valence-electron chi connectivity index (χ3n) is 4.21. The maximum Gasteiger partial charge on any atom is 0.123 e. The molecule has 1 aromatic rings. The van der Waals surface area contributed by atoms with Gasteiger partial charge in [0.2, 0.25) is 0 Å². The molecule has 2 aliphatic heterocycles. The lowest BCUT2D eigenvalue weighted by Crippen LogP contribution is -2.42. The minimum absolute atomic E-state index is 0.215. The second kappa shape index (κ2) is 5.90. The van der Waals surface area contributed by atoms with E-state index >= 15 is 0 Å². The predicted molar refractivity (Wildman–Crippen MR) is 78.6 cm³/mol. The van der Waals surface area contributed by atoms with Crippen molar-refractivity contribution < 1.29 is 4.74 Å². The van der Waals surface area contributed by atoms with Gasteiger partial charge >= 0.3 is 0 Å². The molecule has 0 bridgehead atoms. The zero-order chi connectivity index (χ0) is 13.2. The molecular formula is C15H24N2OS. The number of hydrogen-bond acceptors (Lipinski definition) is 4. The number of nitrogens with zero attached hydrogens (tertiary/aromatic N) is 2. The molecule has 1 aromatic heterocycles. The van der Waals surface area contributed by atoms with Gasteiger partial charge in [-0.15, -0.1) is 11.3 Å². The van der Waals surface area contributed by atoms with Gasteiger partial charge in [0.1, 0.15) is 11.1 Å². The first-order valence-corrected chi connectivity index (χ1v) is 8.40. The summed E-state index contributed by atoms with van der Waals surface area (Å²) in [5.74, 6) is 0.751. The van der Waals surface area contributed by atoms with E-state index in [0.29, 0.717) is 6.04 Å². The number of ether oxygens (including phenoxy) is 1. The van der Waals surface area contributed by atoms with E-state index in [1.807, 2.05) is 0 Å². The van der Waals surface area contributed by atoms with Crippen LogP contribution >= 0.6 is 11.3 Å². The Bertz CT molecular complexity index is 418. The third kappa shape index (κ3) is 3.18. The Balaban J connectivity index is 1.59. The van der Waals surface area contributed by atoms with Crippen molar-refractivity contribution in [2.24, 2.45) is 5.92 Å². The molecule has 2 fully saturated rings. The van der Waals surface area contributed by atoms with Gasteiger partial charge in [0.05, 0.1) is 12.3 Å². The van der Waals surface area contributed by atoms with E-state index in [2.05, 4.69) is 24.1 Å². The number of aryl methyl sites for hydroxylation is 1. The molecule has 0 aromatic carbocycles. The van der Waals surface area contributed by atoms with Crippen LogP contribution < -0.4 is 0 Å². The Morgan fingerprint density at radius 2 is 2.42 bits per heavy atom. The fourth-order valence-electron chi connectivity index (χ4n) is 2.99. The van der Waals surface area contributed by atoms with Gasteiger partial charge in [-0.3, -0.25) is 4.90 Å². The van der Waals surface area contributed by atoms with Gasteiger partial charge in [-0.25, -0.2) is 4.98 Å². The van der Waals surface area contributed by atoms with Crippen LogP contribution in [0.3, 0.4) is 0 Å². The Labute approximate surface area is 120 Å². The molecule has 0 amide bonds. The summed E-state index contributed by atoms with van der Waals surface area (Å²) in [5.41, 5.74) is 1.25. The topological polar surface area (TPSA) is 25.4 Å². The first-order valence-electron chi connectivity index (χ1n) is 7.52. The molecule has 0 spiro atoms. The highest BCUT2D eigenvalue weighted by molar-refractivity contribution is 7.09. The molecule has 2 saturated heterocycles. The molecule has 3 rings (SSSR count). The average molecular weight is 280 g/mol. The Kier molecular flexibility index (Phi) is 4.20. The van der Waals surface area contributed by atoms with Crippen molar-refractivity contribution in [2.75, 3.05) is 19.7 Å². The van der Waals surface area contributed by atoms with Crippen LogP contribution in [-0.2, 0) is 11.2 Å². The number of morpholine rings is 1. The van der Waals surface area contributed by atoms with E-state index in [1.54, 1.807) is 11.3 Å². The van der Waals surface area contributed by atoms with Crippen LogP contribution in [0.25, 0.3) is 0 Å². The second-order valence-electron chi connectivity index (χ2n) is 6.22. The summed E-state index contributed by atoms with van der Waals surface area (Å²) >= 11 is 1.78. The van der Waals surface area contributed by atoms with E-state index in [4.69, 9.17) is 9.72 Å². The van der Waals surface area contributed by atoms with Crippen LogP contribution in [-0.4, -0.2) is 35.6 Å². The zero-order valence-corrected chi connectivity index (χ0v) is 12.8. The average Bonchev–Trinajstić information content (AvgIpc) is 3.04. The minimum Gasteiger partial charge on any atom is -0.368 e. The van der Waals surface area contributed by atoms with Gasteiger partial charge in [-0.2, -0.15) is 0 Å². The molecule has 3 nitrogen and oxygen atoms in total. The standard InChI is InChI=1S/C15H24N2OS/c1-11(2)5-6-12-10-19-15(16-12)14-8-17-7-3-4-13(17)9-18-14/h10-11,13-14H,3-9H2,1-2H3/t13-,14+/m1/s1. The summed E-state index contributed by atoms with van der Waals surface area (Å²) in [5, 5.41) is 3.40. The van der Waals surface area contributed by atoms with Crippen molar-refractivity contribution in [1.29, 1.82) is 0 Å². The van der Waals surface area contributed by atoms with Crippen LogP contribution in [0.4, 0.5) is 0 Å². The van der Waals surface area contributed by atoms with Crippen molar-refractivity contribution in [1.82, 2.24) is 9.88 Å². The van der Waals surface area contributed by atoms with Gasteiger partial charge in [0.25, 0.3) is 0 Å². The maximum absolute atomic E-state index is 6.02. The molecular weight excluding hydrogens is 256 g/mol. The number of rotatable bonds is 4. The largest absolute Gasteiger partial charge is 0.368 e. The summed E-state index contributed by atoms with van der Waals surface area (Å²) in [6, 6.07) is 0.677. The molecule has 19 heavy (non-hydrogen) atoms. The molecule has 4 heteroatoms. The van der Waals surface area contributed by atoms with E-state index in [1.165, 1.54) is 36.5 Å². The van der Waals surface area contributed by atoms with Gasteiger partial charge in [0, 0.05) is 18.0 Å². The van der Waals surface area contributed by atoms with Crippen molar-refractivity contribution in [3.8, 4) is 0 Å². The lowest BCUT2D eigenvalue weighted by atomic mass is 10.1. The summed E-state index contributed by atoms with van der Waals surface area (Å²) in [4.78, 5) is 7.37. The normalized spacial score (nSPS) is 27.9. The lowest BCUT2D eigenvalue weighted by molar-refractivity contribution is -0.0502. The van der Waals surface area contributed by atoms with Gasteiger partial charge in [-0.05, 0) is 38.1 Å². The van der Waals surface area contributed by atoms with Crippen LogP contribution in [0.2, 0.25) is 0 Å².